The number of likely N-dealkylation sites (N-methyl/N-ethyl adjacent to an activating group) is 1. The molecule has 2 N–H and O–H groups in total. The molecule has 0 spiro atoms. The first-order chi connectivity index (χ1) is 11.1. The highest BCUT2D eigenvalue weighted by Crippen LogP contribution is 2.25. The van der Waals surface area contributed by atoms with Crippen molar-refractivity contribution in [3.05, 3.63) is 12.0 Å². The Bertz CT molecular complexity index is 734. The van der Waals surface area contributed by atoms with Crippen LogP contribution >= 0.6 is 0 Å². The maximum Gasteiger partial charge on any atom is 0.410 e. The molecule has 0 aliphatic rings. The van der Waals surface area contributed by atoms with Crippen LogP contribution in [-0.4, -0.2) is 49.9 Å². The molecule has 2 rings (SSSR count). The summed E-state index contributed by atoms with van der Waals surface area (Å²) in [5, 5.41) is 5.32. The van der Waals surface area contributed by atoms with E-state index in [2.05, 4.69) is 15.1 Å². The predicted octanol–water partition coefficient (Wildman–Crippen LogP) is 2.53. The van der Waals surface area contributed by atoms with E-state index in [-0.39, 0.29) is 12.1 Å². The number of anilines is 1. The summed E-state index contributed by atoms with van der Waals surface area (Å²) in [4.78, 5) is 22.1. The van der Waals surface area contributed by atoms with E-state index < -0.39 is 5.60 Å². The highest BCUT2D eigenvalue weighted by Gasteiger charge is 2.24. The van der Waals surface area contributed by atoms with E-state index in [0.717, 1.165) is 17.5 Å². The van der Waals surface area contributed by atoms with Gasteiger partial charge in [0.25, 0.3) is 0 Å². The minimum atomic E-state index is -0.524. The molecule has 0 saturated heterocycles. The van der Waals surface area contributed by atoms with Crippen LogP contribution in [0.25, 0.3) is 11.0 Å². The number of carbonyl (C=O) groups is 1. The Morgan fingerprint density at radius 2 is 2.08 bits per heavy atom. The lowest BCUT2D eigenvalue weighted by molar-refractivity contribution is 0.0273. The second kappa shape index (κ2) is 6.62. The topological polar surface area (TPSA) is 99.2 Å². The average molecular weight is 334 g/mol. The van der Waals surface area contributed by atoms with Gasteiger partial charge in [0.1, 0.15) is 17.7 Å². The highest BCUT2D eigenvalue weighted by molar-refractivity contribution is 5.87. The Morgan fingerprint density at radius 3 is 2.67 bits per heavy atom. The van der Waals surface area contributed by atoms with Crippen molar-refractivity contribution in [3.63, 3.8) is 0 Å². The minimum absolute atomic E-state index is 0.0342. The summed E-state index contributed by atoms with van der Waals surface area (Å²) >= 11 is 0. The number of hydrogen-bond donors (Lipinski definition) is 1. The number of aryl methyl sites for hydroxylation is 1. The van der Waals surface area contributed by atoms with Gasteiger partial charge in [0.05, 0.1) is 17.1 Å². The Morgan fingerprint density at radius 1 is 1.42 bits per heavy atom. The van der Waals surface area contributed by atoms with Gasteiger partial charge >= 0.3 is 6.09 Å². The standard InChI is InChI=1S/C16H26N6O2/c1-7-11(8-21(6)15(23)24-16(3,4)5)22-14-12(10(2)20-22)13(17)18-9-19-14/h9,11H,7-8H2,1-6H3,(H2,17,18,19). The van der Waals surface area contributed by atoms with Gasteiger partial charge in [-0.05, 0) is 34.1 Å². The molecular weight excluding hydrogens is 308 g/mol. The van der Waals surface area contributed by atoms with E-state index in [1.807, 2.05) is 39.3 Å². The molecule has 0 bridgehead atoms. The molecule has 2 aromatic rings. The first-order valence-corrected chi connectivity index (χ1v) is 8.03. The van der Waals surface area contributed by atoms with Crippen LogP contribution in [0.4, 0.5) is 10.6 Å². The number of nitrogen functional groups attached to an aromatic ring is 1. The minimum Gasteiger partial charge on any atom is -0.444 e. The lowest BCUT2D eigenvalue weighted by atomic mass is 10.2. The highest BCUT2D eigenvalue weighted by atomic mass is 16.6. The van der Waals surface area contributed by atoms with Gasteiger partial charge in [0.2, 0.25) is 0 Å². The molecule has 0 saturated carbocycles. The van der Waals surface area contributed by atoms with Crippen LogP contribution in [-0.2, 0) is 4.74 Å². The molecule has 2 aromatic heterocycles. The van der Waals surface area contributed by atoms with Crippen LogP contribution in [0.3, 0.4) is 0 Å². The fraction of sp³-hybridized carbons (Fsp3) is 0.625. The molecule has 0 fully saturated rings. The van der Waals surface area contributed by atoms with E-state index in [1.54, 1.807) is 11.9 Å². The van der Waals surface area contributed by atoms with Crippen molar-refractivity contribution in [3.8, 4) is 0 Å². The lowest BCUT2D eigenvalue weighted by Crippen LogP contribution is -2.37. The Kier molecular flexibility index (Phi) is 4.96. The fourth-order valence-corrected chi connectivity index (χ4v) is 2.53. The second-order valence-corrected chi connectivity index (χ2v) is 6.91. The van der Waals surface area contributed by atoms with Gasteiger partial charge < -0.3 is 15.4 Å². The quantitative estimate of drug-likeness (QED) is 0.922. The summed E-state index contributed by atoms with van der Waals surface area (Å²) < 4.78 is 7.23. The Hall–Kier alpha value is -2.38. The zero-order valence-electron chi connectivity index (χ0n) is 15.2. The molecule has 2 heterocycles. The van der Waals surface area contributed by atoms with Gasteiger partial charge in [-0.3, -0.25) is 0 Å². The molecule has 8 heteroatoms. The molecule has 0 aliphatic heterocycles. The molecular formula is C16H26N6O2. The summed E-state index contributed by atoms with van der Waals surface area (Å²) in [5.41, 5.74) is 6.88. The molecule has 132 valence electrons. The molecule has 8 nitrogen and oxygen atoms in total. The van der Waals surface area contributed by atoms with Crippen molar-refractivity contribution in [2.75, 3.05) is 19.3 Å². The number of ether oxygens (including phenoxy) is 1. The smallest absolute Gasteiger partial charge is 0.410 e. The summed E-state index contributed by atoms with van der Waals surface area (Å²) in [7, 11) is 1.72. The number of aromatic nitrogens is 4. The third-order valence-corrected chi connectivity index (χ3v) is 3.70. The Labute approximate surface area is 142 Å². The number of nitrogens with zero attached hydrogens (tertiary/aromatic N) is 5. The molecule has 24 heavy (non-hydrogen) atoms. The van der Waals surface area contributed by atoms with E-state index >= 15 is 0 Å². The van der Waals surface area contributed by atoms with Crippen molar-refractivity contribution in [1.82, 2.24) is 24.6 Å². The monoisotopic (exact) mass is 334 g/mol. The summed E-state index contributed by atoms with van der Waals surface area (Å²) in [6.45, 7) is 9.93. The zero-order valence-corrected chi connectivity index (χ0v) is 15.2. The van der Waals surface area contributed by atoms with Crippen molar-refractivity contribution in [1.29, 1.82) is 0 Å². The van der Waals surface area contributed by atoms with Crippen molar-refractivity contribution in [2.24, 2.45) is 0 Å². The van der Waals surface area contributed by atoms with Crippen molar-refractivity contribution in [2.45, 2.75) is 52.7 Å². The van der Waals surface area contributed by atoms with Gasteiger partial charge in [-0.1, -0.05) is 6.92 Å². The first kappa shape index (κ1) is 18.0. The number of fused-ring (bicyclic) bond motifs is 1. The third-order valence-electron chi connectivity index (χ3n) is 3.70. The first-order valence-electron chi connectivity index (χ1n) is 8.03. The number of hydrogen-bond acceptors (Lipinski definition) is 6. The molecule has 1 unspecified atom stereocenters. The van der Waals surface area contributed by atoms with Crippen LogP contribution in [0.15, 0.2) is 6.33 Å². The van der Waals surface area contributed by atoms with Crippen molar-refractivity contribution >= 4 is 22.9 Å². The lowest BCUT2D eigenvalue weighted by Gasteiger charge is -2.27. The molecule has 1 amide bonds. The molecule has 0 aliphatic carbocycles. The normalized spacial score (nSPS) is 13.1. The van der Waals surface area contributed by atoms with E-state index in [9.17, 15) is 4.79 Å². The van der Waals surface area contributed by atoms with Gasteiger partial charge in [0, 0.05) is 13.6 Å². The van der Waals surface area contributed by atoms with Crippen molar-refractivity contribution < 1.29 is 9.53 Å². The van der Waals surface area contributed by atoms with E-state index in [4.69, 9.17) is 10.5 Å². The van der Waals surface area contributed by atoms with E-state index in [1.165, 1.54) is 6.33 Å². The zero-order chi connectivity index (χ0) is 18.1. The van der Waals surface area contributed by atoms with E-state index in [0.29, 0.717) is 18.0 Å². The van der Waals surface area contributed by atoms with Gasteiger partial charge in [-0.25, -0.2) is 19.4 Å². The van der Waals surface area contributed by atoms with Crippen LogP contribution in [0.5, 0.6) is 0 Å². The van der Waals surface area contributed by atoms with Gasteiger partial charge in [-0.2, -0.15) is 5.10 Å². The van der Waals surface area contributed by atoms with Crippen LogP contribution in [0, 0.1) is 6.92 Å². The maximum atomic E-state index is 12.2. The molecule has 0 radical (unpaired) electrons. The van der Waals surface area contributed by atoms with Crippen LogP contribution in [0.1, 0.15) is 45.9 Å². The fourth-order valence-electron chi connectivity index (χ4n) is 2.53. The van der Waals surface area contributed by atoms with Crippen LogP contribution in [0.2, 0.25) is 0 Å². The summed E-state index contributed by atoms with van der Waals surface area (Å²) in [6.07, 6.45) is 1.86. The predicted molar refractivity (Wildman–Crippen MR) is 92.7 cm³/mol. The SMILES string of the molecule is CCC(CN(C)C(=O)OC(C)(C)C)n1nc(C)c2c(N)ncnc21. The summed E-state index contributed by atoms with van der Waals surface area (Å²) in [5.74, 6) is 0.416. The average Bonchev–Trinajstić information content (AvgIpc) is 2.81. The van der Waals surface area contributed by atoms with Crippen LogP contribution < -0.4 is 5.73 Å². The largest absolute Gasteiger partial charge is 0.444 e. The molecule has 1 atom stereocenters. The van der Waals surface area contributed by atoms with Gasteiger partial charge in [-0.15, -0.1) is 0 Å². The summed E-state index contributed by atoms with van der Waals surface area (Å²) in [6, 6.07) is -0.0342. The van der Waals surface area contributed by atoms with Gasteiger partial charge in [0.15, 0.2) is 5.65 Å². The Balaban J connectivity index is 2.27. The number of amides is 1. The number of carbonyl (C=O) groups excluding carboxylic acids is 1. The molecule has 0 aromatic carbocycles. The second-order valence-electron chi connectivity index (χ2n) is 6.91. The third kappa shape index (κ3) is 3.74. The number of nitrogens with two attached hydrogens (primary N) is 1. The maximum absolute atomic E-state index is 12.2. The number of rotatable bonds is 4.